The van der Waals surface area contributed by atoms with Crippen molar-refractivity contribution in [1.29, 1.82) is 0 Å². The second-order valence-corrected chi connectivity index (χ2v) is 9.35. The molecule has 0 saturated carbocycles. The molecule has 4 nitrogen and oxygen atoms in total. The van der Waals surface area contributed by atoms with Gasteiger partial charge in [-0.05, 0) is 41.8 Å². The Labute approximate surface area is 173 Å². The molecule has 0 atom stereocenters. The van der Waals surface area contributed by atoms with Crippen molar-refractivity contribution in [3.05, 3.63) is 90.5 Å². The van der Waals surface area contributed by atoms with Crippen molar-refractivity contribution in [2.24, 2.45) is 0 Å². The fraction of sp³-hybridized carbons (Fsp3) is 0.250. The van der Waals surface area contributed by atoms with Crippen molar-refractivity contribution >= 4 is 10.0 Å². The van der Waals surface area contributed by atoms with Crippen molar-refractivity contribution in [3.63, 3.8) is 0 Å². The summed E-state index contributed by atoms with van der Waals surface area (Å²) in [7, 11) is -3.47. The molecule has 0 unspecified atom stereocenters. The Morgan fingerprint density at radius 1 is 0.655 bits per heavy atom. The van der Waals surface area contributed by atoms with E-state index in [4.69, 9.17) is 0 Å². The third-order valence-corrected chi connectivity index (χ3v) is 7.31. The molecule has 3 aromatic carbocycles. The van der Waals surface area contributed by atoms with Gasteiger partial charge in [0.15, 0.2) is 0 Å². The van der Waals surface area contributed by atoms with Gasteiger partial charge < -0.3 is 0 Å². The molecule has 3 aromatic rings. The zero-order valence-electron chi connectivity index (χ0n) is 16.4. The van der Waals surface area contributed by atoms with Crippen LogP contribution in [0, 0.1) is 0 Å². The summed E-state index contributed by atoms with van der Waals surface area (Å²) in [4.78, 5) is 2.71. The van der Waals surface area contributed by atoms with Gasteiger partial charge >= 0.3 is 0 Å². The Morgan fingerprint density at radius 2 is 1.28 bits per heavy atom. The Balaban J connectivity index is 1.44. The summed E-state index contributed by atoms with van der Waals surface area (Å²) in [6.07, 6.45) is 0.841. The monoisotopic (exact) mass is 406 g/mol. The van der Waals surface area contributed by atoms with E-state index >= 15 is 0 Å². The Hall–Kier alpha value is -2.47. The molecule has 0 spiro atoms. The molecule has 5 heteroatoms. The third kappa shape index (κ3) is 4.75. The van der Waals surface area contributed by atoms with Crippen molar-refractivity contribution in [1.82, 2.24) is 9.21 Å². The van der Waals surface area contributed by atoms with Crippen LogP contribution in [0.5, 0.6) is 0 Å². The van der Waals surface area contributed by atoms with Crippen molar-refractivity contribution < 1.29 is 8.42 Å². The summed E-state index contributed by atoms with van der Waals surface area (Å²) in [6, 6.07) is 27.6. The smallest absolute Gasteiger partial charge is 0.243 e. The van der Waals surface area contributed by atoms with Gasteiger partial charge in [-0.2, -0.15) is 4.31 Å². The molecule has 1 heterocycles. The molecule has 4 rings (SSSR count). The van der Waals surface area contributed by atoms with Gasteiger partial charge in [0.05, 0.1) is 4.90 Å². The van der Waals surface area contributed by atoms with Crippen molar-refractivity contribution in [2.45, 2.75) is 17.9 Å². The predicted molar refractivity (Wildman–Crippen MR) is 117 cm³/mol. The summed E-state index contributed by atoms with van der Waals surface area (Å²) in [6.45, 7) is 3.61. The predicted octanol–water partition coefficient (Wildman–Crippen LogP) is 4.25. The lowest BCUT2D eigenvalue weighted by Gasteiger charge is -2.22. The first-order valence-electron chi connectivity index (χ1n) is 10.0. The zero-order chi connectivity index (χ0) is 20.1. The average molecular weight is 407 g/mol. The van der Waals surface area contributed by atoms with Crippen LogP contribution in [-0.4, -0.2) is 43.8 Å². The molecule has 0 radical (unpaired) electrons. The molecular weight excluding hydrogens is 380 g/mol. The Bertz CT molecular complexity index is 1020. The largest absolute Gasteiger partial charge is 0.298 e. The highest BCUT2D eigenvalue weighted by Crippen LogP contribution is 2.23. The van der Waals surface area contributed by atoms with Crippen LogP contribution < -0.4 is 0 Å². The maximum Gasteiger partial charge on any atom is 0.243 e. The van der Waals surface area contributed by atoms with E-state index in [0.29, 0.717) is 18.0 Å². The average Bonchev–Trinajstić information content (AvgIpc) is 3.01. The van der Waals surface area contributed by atoms with E-state index in [2.05, 4.69) is 17.0 Å². The van der Waals surface area contributed by atoms with Crippen LogP contribution in [-0.2, 0) is 16.6 Å². The summed E-state index contributed by atoms with van der Waals surface area (Å²) in [5, 5.41) is 0. The minimum Gasteiger partial charge on any atom is -0.298 e. The minimum absolute atomic E-state index is 0.369. The number of hydrogen-bond acceptors (Lipinski definition) is 3. The molecule has 1 fully saturated rings. The van der Waals surface area contributed by atoms with Gasteiger partial charge in [-0.3, -0.25) is 4.90 Å². The zero-order valence-corrected chi connectivity index (χ0v) is 17.3. The van der Waals surface area contributed by atoms with Crippen LogP contribution >= 0.6 is 0 Å². The standard InChI is InChI=1S/C24H26N2O2S/c27-29(28,24-14-12-23(13-15-24)22-10-5-2-6-11-22)26-17-7-16-25(18-19-26)20-21-8-3-1-4-9-21/h1-6,8-15H,7,16-20H2. The normalized spacial score (nSPS) is 16.4. The summed E-state index contributed by atoms with van der Waals surface area (Å²) in [5.41, 5.74) is 3.37. The fourth-order valence-electron chi connectivity index (χ4n) is 3.79. The van der Waals surface area contributed by atoms with Crippen LogP contribution in [0.1, 0.15) is 12.0 Å². The number of rotatable bonds is 5. The number of hydrogen-bond donors (Lipinski definition) is 0. The van der Waals surface area contributed by atoms with E-state index in [1.54, 1.807) is 16.4 Å². The minimum atomic E-state index is -3.47. The highest BCUT2D eigenvalue weighted by Gasteiger charge is 2.26. The summed E-state index contributed by atoms with van der Waals surface area (Å²) in [5.74, 6) is 0. The van der Waals surface area contributed by atoms with Gasteiger partial charge in [0.2, 0.25) is 10.0 Å². The van der Waals surface area contributed by atoms with Crippen LogP contribution in [0.2, 0.25) is 0 Å². The summed E-state index contributed by atoms with van der Waals surface area (Å²) >= 11 is 0. The molecular formula is C24H26N2O2S. The lowest BCUT2D eigenvalue weighted by atomic mass is 10.1. The lowest BCUT2D eigenvalue weighted by molar-refractivity contribution is 0.278. The van der Waals surface area contributed by atoms with Crippen LogP contribution in [0.15, 0.2) is 89.8 Å². The first-order chi connectivity index (χ1) is 14.1. The molecule has 1 aliphatic rings. The van der Waals surface area contributed by atoms with E-state index in [-0.39, 0.29) is 0 Å². The second-order valence-electron chi connectivity index (χ2n) is 7.41. The molecule has 29 heavy (non-hydrogen) atoms. The van der Waals surface area contributed by atoms with Gasteiger partial charge in [0.25, 0.3) is 0 Å². The van der Waals surface area contributed by atoms with E-state index in [0.717, 1.165) is 37.2 Å². The molecule has 0 bridgehead atoms. The molecule has 0 aromatic heterocycles. The molecule has 0 aliphatic carbocycles. The number of nitrogens with zero attached hydrogens (tertiary/aromatic N) is 2. The second kappa shape index (κ2) is 8.91. The highest BCUT2D eigenvalue weighted by molar-refractivity contribution is 7.89. The maximum absolute atomic E-state index is 13.2. The van der Waals surface area contributed by atoms with Crippen LogP contribution in [0.4, 0.5) is 0 Å². The molecule has 1 aliphatic heterocycles. The maximum atomic E-state index is 13.2. The molecule has 0 amide bonds. The fourth-order valence-corrected chi connectivity index (χ4v) is 5.26. The Morgan fingerprint density at radius 3 is 1.97 bits per heavy atom. The quantitative estimate of drug-likeness (QED) is 0.636. The van der Waals surface area contributed by atoms with Gasteiger partial charge in [0.1, 0.15) is 0 Å². The number of benzene rings is 3. The topological polar surface area (TPSA) is 40.6 Å². The highest BCUT2D eigenvalue weighted by atomic mass is 32.2. The van der Waals surface area contributed by atoms with Crippen molar-refractivity contribution in [3.8, 4) is 11.1 Å². The van der Waals surface area contributed by atoms with Crippen LogP contribution in [0.3, 0.4) is 0 Å². The third-order valence-electron chi connectivity index (χ3n) is 5.40. The summed E-state index contributed by atoms with van der Waals surface area (Å²) < 4.78 is 28.0. The van der Waals surface area contributed by atoms with Gasteiger partial charge in [-0.1, -0.05) is 72.8 Å². The van der Waals surface area contributed by atoms with E-state index < -0.39 is 10.0 Å². The van der Waals surface area contributed by atoms with Gasteiger partial charge in [-0.25, -0.2) is 8.42 Å². The first-order valence-corrected chi connectivity index (χ1v) is 11.5. The molecule has 1 saturated heterocycles. The first kappa shape index (κ1) is 19.8. The molecule has 0 N–H and O–H groups in total. The SMILES string of the molecule is O=S(=O)(c1ccc(-c2ccccc2)cc1)N1CCCN(Cc2ccccc2)CC1. The Kier molecular flexibility index (Phi) is 6.09. The molecule has 150 valence electrons. The van der Waals surface area contributed by atoms with E-state index in [1.165, 1.54) is 5.56 Å². The van der Waals surface area contributed by atoms with Gasteiger partial charge in [0, 0.05) is 26.2 Å². The van der Waals surface area contributed by atoms with Crippen molar-refractivity contribution in [2.75, 3.05) is 26.2 Å². The van der Waals surface area contributed by atoms with Crippen LogP contribution in [0.25, 0.3) is 11.1 Å². The van der Waals surface area contributed by atoms with Gasteiger partial charge in [-0.15, -0.1) is 0 Å². The van der Waals surface area contributed by atoms with E-state index in [9.17, 15) is 8.42 Å². The lowest BCUT2D eigenvalue weighted by Crippen LogP contribution is -2.35. The number of sulfonamides is 1. The van der Waals surface area contributed by atoms with E-state index in [1.807, 2.05) is 60.7 Å².